The van der Waals surface area contributed by atoms with Gasteiger partial charge in [0.1, 0.15) is 12.4 Å². The summed E-state index contributed by atoms with van der Waals surface area (Å²) in [5.41, 5.74) is 5.08. The molecule has 0 bridgehead atoms. The summed E-state index contributed by atoms with van der Waals surface area (Å²) in [7, 11) is 0. The number of aromatic nitrogens is 2. The van der Waals surface area contributed by atoms with Crippen LogP contribution < -0.4 is 11.4 Å². The van der Waals surface area contributed by atoms with E-state index >= 15 is 0 Å². The summed E-state index contributed by atoms with van der Waals surface area (Å²) in [5.74, 6) is -2.65. The first kappa shape index (κ1) is 15.2. The van der Waals surface area contributed by atoms with Crippen molar-refractivity contribution >= 4 is 17.8 Å². The van der Waals surface area contributed by atoms with Crippen molar-refractivity contribution in [2.75, 3.05) is 5.73 Å². The van der Waals surface area contributed by atoms with Gasteiger partial charge in [0.2, 0.25) is 6.04 Å². The third-order valence-electron chi connectivity index (χ3n) is 2.81. The lowest BCUT2D eigenvalue weighted by atomic mass is 10.2. The van der Waals surface area contributed by atoms with E-state index in [1.54, 1.807) is 30.3 Å². The number of ether oxygens (including phenoxy) is 1. The Balaban J connectivity index is 2.19. The van der Waals surface area contributed by atoms with Crippen molar-refractivity contribution in [3.8, 4) is 0 Å². The number of hydrogen-bond acceptors (Lipinski definition) is 6. The number of carboxylic acids is 1. The normalized spacial score (nSPS) is 11.6. The molecule has 8 heteroatoms. The summed E-state index contributed by atoms with van der Waals surface area (Å²) in [4.78, 5) is 38.3. The molecule has 1 aromatic carbocycles. The fraction of sp³-hybridized carbons (Fsp3) is 0.143. The zero-order valence-electron chi connectivity index (χ0n) is 11.4. The molecule has 0 saturated carbocycles. The van der Waals surface area contributed by atoms with Crippen LogP contribution in [0.3, 0.4) is 0 Å². The van der Waals surface area contributed by atoms with Crippen molar-refractivity contribution in [3.05, 3.63) is 58.6 Å². The first-order chi connectivity index (χ1) is 10.5. The van der Waals surface area contributed by atoms with Crippen molar-refractivity contribution in [1.29, 1.82) is 0 Å². The van der Waals surface area contributed by atoms with Crippen LogP contribution in [0.25, 0.3) is 0 Å². The smallest absolute Gasteiger partial charge is 0.350 e. The minimum Gasteiger partial charge on any atom is -0.479 e. The van der Waals surface area contributed by atoms with Crippen LogP contribution in [-0.4, -0.2) is 26.6 Å². The van der Waals surface area contributed by atoms with Crippen LogP contribution in [-0.2, 0) is 20.9 Å². The molecule has 8 nitrogen and oxygen atoms in total. The van der Waals surface area contributed by atoms with Crippen LogP contribution in [0.1, 0.15) is 11.6 Å². The maximum atomic E-state index is 12.0. The Morgan fingerprint density at radius 3 is 2.55 bits per heavy atom. The standard InChI is InChI=1S/C14H13N3O5/c15-10-6-7-17(14(21)16-10)11(12(18)19)13(20)22-8-9-4-2-1-3-5-9/h1-7,11H,8H2,(H,18,19)(H2,15,16,21). The van der Waals surface area contributed by atoms with Gasteiger partial charge in [-0.3, -0.25) is 4.57 Å². The molecule has 1 unspecified atom stereocenters. The van der Waals surface area contributed by atoms with Crippen LogP contribution >= 0.6 is 0 Å². The number of rotatable bonds is 5. The molecule has 3 N–H and O–H groups in total. The second-order valence-corrected chi connectivity index (χ2v) is 4.38. The second kappa shape index (κ2) is 6.53. The fourth-order valence-corrected chi connectivity index (χ4v) is 1.76. The number of nitrogens with two attached hydrogens (primary N) is 1. The first-order valence-corrected chi connectivity index (χ1v) is 6.27. The molecule has 0 aliphatic heterocycles. The summed E-state index contributed by atoms with van der Waals surface area (Å²) in [5, 5.41) is 9.17. The molecule has 2 rings (SSSR count). The molecule has 1 heterocycles. The van der Waals surface area contributed by atoms with Gasteiger partial charge in [0, 0.05) is 6.20 Å². The molecule has 1 aromatic heterocycles. The molecule has 114 valence electrons. The van der Waals surface area contributed by atoms with Gasteiger partial charge in [0.25, 0.3) is 0 Å². The van der Waals surface area contributed by atoms with Gasteiger partial charge in [-0.05, 0) is 11.6 Å². The summed E-state index contributed by atoms with van der Waals surface area (Å²) in [6.45, 7) is -0.0966. The van der Waals surface area contributed by atoms with Gasteiger partial charge in [-0.25, -0.2) is 14.4 Å². The van der Waals surface area contributed by atoms with Crippen molar-refractivity contribution < 1.29 is 19.4 Å². The molecule has 0 amide bonds. The topological polar surface area (TPSA) is 125 Å². The molecule has 0 radical (unpaired) electrons. The maximum Gasteiger partial charge on any atom is 0.350 e. The third-order valence-corrected chi connectivity index (χ3v) is 2.81. The summed E-state index contributed by atoms with van der Waals surface area (Å²) < 4.78 is 5.61. The Kier molecular flexibility index (Phi) is 4.52. The van der Waals surface area contributed by atoms with E-state index in [4.69, 9.17) is 15.6 Å². The number of carbonyl (C=O) groups is 2. The zero-order chi connectivity index (χ0) is 16.1. The summed E-state index contributed by atoms with van der Waals surface area (Å²) in [6, 6.07) is 8.16. The molecule has 1 atom stereocenters. The largest absolute Gasteiger partial charge is 0.479 e. The van der Waals surface area contributed by atoms with Crippen molar-refractivity contribution in [2.24, 2.45) is 0 Å². The van der Waals surface area contributed by atoms with Crippen LogP contribution in [0, 0.1) is 0 Å². The van der Waals surface area contributed by atoms with E-state index in [-0.39, 0.29) is 12.4 Å². The van der Waals surface area contributed by atoms with Gasteiger partial charge in [-0.1, -0.05) is 30.3 Å². The number of nitrogens with zero attached hydrogens (tertiary/aromatic N) is 2. The molecule has 0 aliphatic rings. The van der Waals surface area contributed by atoms with Gasteiger partial charge < -0.3 is 15.6 Å². The third kappa shape index (κ3) is 3.48. The number of aliphatic carboxylic acids is 1. The average molecular weight is 303 g/mol. The highest BCUT2D eigenvalue weighted by Gasteiger charge is 2.31. The van der Waals surface area contributed by atoms with Gasteiger partial charge in [-0.15, -0.1) is 0 Å². The highest BCUT2D eigenvalue weighted by Crippen LogP contribution is 2.10. The predicted molar refractivity (Wildman–Crippen MR) is 75.8 cm³/mol. The molecule has 0 aliphatic carbocycles. The summed E-state index contributed by atoms with van der Waals surface area (Å²) >= 11 is 0. The van der Waals surface area contributed by atoms with E-state index in [0.717, 1.165) is 6.20 Å². The van der Waals surface area contributed by atoms with Crippen LogP contribution in [0.2, 0.25) is 0 Å². The maximum absolute atomic E-state index is 12.0. The number of hydrogen-bond donors (Lipinski definition) is 2. The molecule has 0 spiro atoms. The summed E-state index contributed by atoms with van der Waals surface area (Å²) in [6.07, 6.45) is 1.09. The number of anilines is 1. The lowest BCUT2D eigenvalue weighted by Gasteiger charge is -2.14. The van der Waals surface area contributed by atoms with Crippen molar-refractivity contribution in [1.82, 2.24) is 9.55 Å². The number of carboxylic acid groups (broad SMARTS) is 1. The van der Waals surface area contributed by atoms with E-state index in [2.05, 4.69) is 4.98 Å². The Morgan fingerprint density at radius 1 is 1.27 bits per heavy atom. The van der Waals surface area contributed by atoms with E-state index in [1.807, 2.05) is 0 Å². The van der Waals surface area contributed by atoms with E-state index in [0.29, 0.717) is 10.1 Å². The van der Waals surface area contributed by atoms with E-state index in [1.165, 1.54) is 6.07 Å². The van der Waals surface area contributed by atoms with Crippen molar-refractivity contribution in [2.45, 2.75) is 12.6 Å². The first-order valence-electron chi connectivity index (χ1n) is 6.27. The van der Waals surface area contributed by atoms with E-state index < -0.39 is 23.7 Å². The monoisotopic (exact) mass is 303 g/mol. The highest BCUT2D eigenvalue weighted by molar-refractivity contribution is 5.96. The molecular formula is C14H13N3O5. The Hall–Kier alpha value is -3.16. The SMILES string of the molecule is Nc1ccn(C(C(=O)O)C(=O)OCc2ccccc2)c(=O)n1. The molecule has 0 fully saturated rings. The van der Waals surface area contributed by atoms with Crippen LogP contribution in [0.15, 0.2) is 47.4 Å². The Labute approximate surface area is 124 Å². The Bertz CT molecular complexity index is 742. The van der Waals surface area contributed by atoms with Gasteiger partial charge in [-0.2, -0.15) is 4.98 Å². The van der Waals surface area contributed by atoms with Gasteiger partial charge in [0.15, 0.2) is 0 Å². The molecule has 22 heavy (non-hydrogen) atoms. The average Bonchev–Trinajstić information content (AvgIpc) is 2.48. The fourth-order valence-electron chi connectivity index (χ4n) is 1.76. The second-order valence-electron chi connectivity index (χ2n) is 4.38. The lowest BCUT2D eigenvalue weighted by Crippen LogP contribution is -2.37. The molecule has 0 saturated heterocycles. The molecule has 2 aromatic rings. The van der Waals surface area contributed by atoms with Crippen LogP contribution in [0.5, 0.6) is 0 Å². The minimum absolute atomic E-state index is 0.0666. The number of nitrogen functional groups attached to an aromatic ring is 1. The number of benzene rings is 1. The van der Waals surface area contributed by atoms with Gasteiger partial charge in [0.05, 0.1) is 0 Å². The molecular weight excluding hydrogens is 290 g/mol. The zero-order valence-corrected chi connectivity index (χ0v) is 11.4. The predicted octanol–water partition coefficient (Wildman–Crippen LogP) is 0.195. The minimum atomic E-state index is -1.82. The Morgan fingerprint density at radius 2 is 1.95 bits per heavy atom. The number of esters is 1. The number of carbonyl (C=O) groups excluding carboxylic acids is 1. The van der Waals surface area contributed by atoms with E-state index in [9.17, 15) is 14.4 Å². The quantitative estimate of drug-likeness (QED) is 0.597. The highest BCUT2D eigenvalue weighted by atomic mass is 16.5. The van der Waals surface area contributed by atoms with Crippen molar-refractivity contribution in [3.63, 3.8) is 0 Å². The van der Waals surface area contributed by atoms with Gasteiger partial charge >= 0.3 is 17.6 Å². The lowest BCUT2D eigenvalue weighted by molar-refractivity contribution is -0.158. The van der Waals surface area contributed by atoms with Crippen LogP contribution in [0.4, 0.5) is 5.82 Å².